The lowest BCUT2D eigenvalue weighted by Gasteiger charge is -2.13. The number of H-pyrrole nitrogens is 1. The lowest BCUT2D eigenvalue weighted by molar-refractivity contribution is 0.0930. The average molecular weight is 279 g/mol. The topological polar surface area (TPSA) is 62.7 Å². The molecule has 100 valence electrons. The molecule has 6 heteroatoms. The SMILES string of the molecule is CC(NC(=O)c1cc(Cl)cn1C1CC1)c1cn[nH]c1. The fraction of sp³-hybridized carbons (Fsp3) is 0.385. The van der Waals surface area contributed by atoms with E-state index < -0.39 is 0 Å². The lowest BCUT2D eigenvalue weighted by Crippen LogP contribution is -2.28. The van der Waals surface area contributed by atoms with E-state index in [4.69, 9.17) is 11.6 Å². The Labute approximate surface area is 116 Å². The summed E-state index contributed by atoms with van der Waals surface area (Å²) in [6.45, 7) is 1.93. The Bertz CT molecular complexity index is 586. The average Bonchev–Trinajstić information content (AvgIpc) is 2.91. The fourth-order valence-corrected chi connectivity index (χ4v) is 2.34. The minimum Gasteiger partial charge on any atom is -0.344 e. The van der Waals surface area contributed by atoms with Crippen molar-refractivity contribution in [3.05, 3.63) is 40.9 Å². The molecule has 1 fully saturated rings. The molecule has 2 aromatic heterocycles. The normalized spacial score (nSPS) is 16.3. The van der Waals surface area contributed by atoms with E-state index in [1.165, 1.54) is 0 Å². The van der Waals surface area contributed by atoms with Crippen LogP contribution in [-0.2, 0) is 0 Å². The van der Waals surface area contributed by atoms with E-state index in [1.54, 1.807) is 18.5 Å². The third-order valence-electron chi connectivity index (χ3n) is 3.36. The first kappa shape index (κ1) is 12.3. The van der Waals surface area contributed by atoms with Gasteiger partial charge in [0, 0.05) is 24.0 Å². The van der Waals surface area contributed by atoms with E-state index in [2.05, 4.69) is 15.5 Å². The van der Waals surface area contributed by atoms with Gasteiger partial charge in [0.1, 0.15) is 5.69 Å². The molecule has 1 amide bonds. The number of carbonyl (C=O) groups excluding carboxylic acids is 1. The van der Waals surface area contributed by atoms with Gasteiger partial charge in [0.05, 0.1) is 17.3 Å². The van der Waals surface area contributed by atoms with Crippen LogP contribution in [0.25, 0.3) is 0 Å². The Kier molecular flexibility index (Phi) is 3.06. The summed E-state index contributed by atoms with van der Waals surface area (Å²) in [4.78, 5) is 12.3. The molecule has 5 nitrogen and oxygen atoms in total. The Morgan fingerprint density at radius 3 is 3.05 bits per heavy atom. The van der Waals surface area contributed by atoms with Crippen molar-refractivity contribution in [3.63, 3.8) is 0 Å². The molecule has 2 aromatic rings. The third kappa shape index (κ3) is 2.51. The van der Waals surface area contributed by atoms with E-state index in [0.29, 0.717) is 16.8 Å². The number of hydrogen-bond donors (Lipinski definition) is 2. The van der Waals surface area contributed by atoms with Crippen LogP contribution in [0.4, 0.5) is 0 Å². The molecular weight excluding hydrogens is 264 g/mol. The highest BCUT2D eigenvalue weighted by Crippen LogP contribution is 2.37. The number of carbonyl (C=O) groups is 1. The molecule has 0 bridgehead atoms. The number of aromatic amines is 1. The maximum Gasteiger partial charge on any atom is 0.268 e. The highest BCUT2D eigenvalue weighted by molar-refractivity contribution is 6.31. The third-order valence-corrected chi connectivity index (χ3v) is 3.56. The first-order chi connectivity index (χ1) is 9.15. The zero-order valence-electron chi connectivity index (χ0n) is 10.6. The minimum absolute atomic E-state index is 0.0902. The summed E-state index contributed by atoms with van der Waals surface area (Å²) < 4.78 is 1.97. The van der Waals surface area contributed by atoms with Gasteiger partial charge in [-0.05, 0) is 25.8 Å². The largest absolute Gasteiger partial charge is 0.344 e. The van der Waals surface area contributed by atoms with Crippen LogP contribution >= 0.6 is 11.6 Å². The summed E-state index contributed by atoms with van der Waals surface area (Å²) >= 11 is 6.00. The van der Waals surface area contributed by atoms with E-state index in [0.717, 1.165) is 18.4 Å². The van der Waals surface area contributed by atoms with Gasteiger partial charge in [0.2, 0.25) is 0 Å². The van der Waals surface area contributed by atoms with Crippen molar-refractivity contribution >= 4 is 17.5 Å². The second-order valence-corrected chi connectivity index (χ2v) is 5.35. The molecule has 19 heavy (non-hydrogen) atoms. The van der Waals surface area contributed by atoms with Gasteiger partial charge in [0.15, 0.2) is 0 Å². The molecule has 1 aliphatic carbocycles. The van der Waals surface area contributed by atoms with E-state index in [-0.39, 0.29) is 11.9 Å². The smallest absolute Gasteiger partial charge is 0.268 e. The van der Waals surface area contributed by atoms with Gasteiger partial charge in [0.25, 0.3) is 5.91 Å². The van der Waals surface area contributed by atoms with Gasteiger partial charge in [-0.1, -0.05) is 11.6 Å². The van der Waals surface area contributed by atoms with Crippen LogP contribution in [0, 0.1) is 0 Å². The zero-order valence-corrected chi connectivity index (χ0v) is 11.3. The fourth-order valence-electron chi connectivity index (χ4n) is 2.13. The second kappa shape index (κ2) is 4.74. The number of amides is 1. The van der Waals surface area contributed by atoms with Crippen LogP contribution in [0.3, 0.4) is 0 Å². The van der Waals surface area contributed by atoms with Crippen LogP contribution in [-0.4, -0.2) is 20.7 Å². The van der Waals surface area contributed by atoms with E-state index in [1.807, 2.05) is 17.7 Å². The predicted octanol–water partition coefficient (Wildman–Crippen LogP) is 2.69. The second-order valence-electron chi connectivity index (χ2n) is 4.91. The minimum atomic E-state index is -0.104. The van der Waals surface area contributed by atoms with Crippen molar-refractivity contribution in [3.8, 4) is 0 Å². The van der Waals surface area contributed by atoms with Crippen molar-refractivity contribution in [1.82, 2.24) is 20.1 Å². The highest BCUT2D eigenvalue weighted by atomic mass is 35.5. The Morgan fingerprint density at radius 2 is 2.42 bits per heavy atom. The van der Waals surface area contributed by atoms with Crippen molar-refractivity contribution in [2.75, 3.05) is 0 Å². The number of rotatable bonds is 4. The molecule has 2 heterocycles. The van der Waals surface area contributed by atoms with Crippen molar-refractivity contribution < 1.29 is 4.79 Å². The number of nitrogens with one attached hydrogen (secondary N) is 2. The van der Waals surface area contributed by atoms with Crippen LogP contribution in [0.5, 0.6) is 0 Å². The molecule has 1 unspecified atom stereocenters. The molecule has 3 rings (SSSR count). The molecule has 0 saturated heterocycles. The molecule has 1 atom stereocenters. The van der Waals surface area contributed by atoms with Gasteiger partial charge >= 0.3 is 0 Å². The summed E-state index contributed by atoms with van der Waals surface area (Å²) in [5, 5.41) is 10.2. The molecule has 1 saturated carbocycles. The van der Waals surface area contributed by atoms with Crippen LogP contribution in [0.1, 0.15) is 47.9 Å². The monoisotopic (exact) mass is 278 g/mol. The summed E-state index contributed by atoms with van der Waals surface area (Å²) in [7, 11) is 0. The van der Waals surface area contributed by atoms with Gasteiger partial charge in [-0.25, -0.2) is 0 Å². The molecule has 0 aliphatic heterocycles. The van der Waals surface area contributed by atoms with Crippen molar-refractivity contribution in [1.29, 1.82) is 0 Å². The Balaban J connectivity index is 1.77. The van der Waals surface area contributed by atoms with E-state index in [9.17, 15) is 4.79 Å². The molecule has 0 radical (unpaired) electrons. The van der Waals surface area contributed by atoms with Crippen molar-refractivity contribution in [2.45, 2.75) is 31.8 Å². The standard InChI is InChI=1S/C13H15ClN4O/c1-8(9-5-15-16-6-9)17-13(19)12-4-10(14)7-18(12)11-2-3-11/h4-8,11H,2-3H2,1H3,(H,15,16)(H,17,19). The van der Waals surface area contributed by atoms with Crippen LogP contribution < -0.4 is 5.32 Å². The first-order valence-electron chi connectivity index (χ1n) is 6.32. The predicted molar refractivity (Wildman–Crippen MR) is 72.2 cm³/mol. The van der Waals surface area contributed by atoms with Gasteiger partial charge in [-0.2, -0.15) is 5.10 Å². The quantitative estimate of drug-likeness (QED) is 0.903. The van der Waals surface area contributed by atoms with Crippen molar-refractivity contribution in [2.24, 2.45) is 0 Å². The van der Waals surface area contributed by atoms with Gasteiger partial charge in [-0.15, -0.1) is 0 Å². The molecule has 0 aromatic carbocycles. The van der Waals surface area contributed by atoms with Crippen LogP contribution in [0.15, 0.2) is 24.7 Å². The van der Waals surface area contributed by atoms with Crippen LogP contribution in [0.2, 0.25) is 5.02 Å². The first-order valence-corrected chi connectivity index (χ1v) is 6.70. The summed E-state index contributed by atoms with van der Waals surface area (Å²) in [5.74, 6) is -0.104. The molecule has 2 N–H and O–H groups in total. The summed E-state index contributed by atoms with van der Waals surface area (Å²) in [6.07, 6.45) is 7.54. The van der Waals surface area contributed by atoms with E-state index >= 15 is 0 Å². The molecule has 0 spiro atoms. The number of aromatic nitrogens is 3. The highest BCUT2D eigenvalue weighted by Gasteiger charge is 2.28. The number of halogens is 1. The number of hydrogen-bond acceptors (Lipinski definition) is 2. The molecular formula is C13H15ClN4O. The maximum absolute atomic E-state index is 12.3. The number of nitrogens with zero attached hydrogens (tertiary/aromatic N) is 2. The summed E-state index contributed by atoms with van der Waals surface area (Å²) in [6, 6.07) is 2.06. The van der Waals surface area contributed by atoms with Gasteiger partial charge < -0.3 is 9.88 Å². The maximum atomic E-state index is 12.3. The van der Waals surface area contributed by atoms with Gasteiger partial charge in [-0.3, -0.25) is 9.89 Å². The lowest BCUT2D eigenvalue weighted by atomic mass is 10.2. The Hall–Kier alpha value is -1.75. The Morgan fingerprint density at radius 1 is 1.63 bits per heavy atom. The molecule has 1 aliphatic rings. The summed E-state index contributed by atoms with van der Waals surface area (Å²) in [5.41, 5.74) is 1.58. The zero-order chi connectivity index (χ0) is 13.4.